The summed E-state index contributed by atoms with van der Waals surface area (Å²) in [4.78, 5) is 18.2. The predicted molar refractivity (Wildman–Crippen MR) is 115 cm³/mol. The molecule has 5 unspecified atom stereocenters. The molecule has 0 saturated heterocycles. The SMILES string of the molecule is CN(C)C1CCCCCC1N(C(=O)C1CCC(Cl)C(Cl)C1)c1ccccc1. The number of benzene rings is 1. The molecule has 2 aliphatic carbocycles. The molecule has 3 nitrogen and oxygen atoms in total. The van der Waals surface area contributed by atoms with E-state index in [4.69, 9.17) is 23.2 Å². The lowest BCUT2D eigenvalue weighted by molar-refractivity contribution is -0.124. The van der Waals surface area contributed by atoms with Crippen molar-refractivity contribution in [3.05, 3.63) is 30.3 Å². The molecule has 1 aromatic carbocycles. The number of carbonyl (C=O) groups excluding carboxylic acids is 1. The molecule has 0 radical (unpaired) electrons. The van der Waals surface area contributed by atoms with Gasteiger partial charge in [-0.25, -0.2) is 0 Å². The summed E-state index contributed by atoms with van der Waals surface area (Å²) in [6.45, 7) is 0. The van der Waals surface area contributed by atoms with Crippen molar-refractivity contribution >= 4 is 34.8 Å². The van der Waals surface area contributed by atoms with Crippen molar-refractivity contribution in [3.63, 3.8) is 0 Å². The second-order valence-electron chi connectivity index (χ2n) is 8.32. The zero-order valence-electron chi connectivity index (χ0n) is 16.5. The summed E-state index contributed by atoms with van der Waals surface area (Å²) in [6.07, 6.45) is 8.18. The summed E-state index contributed by atoms with van der Waals surface area (Å²) in [6, 6.07) is 10.8. The zero-order valence-corrected chi connectivity index (χ0v) is 18.0. The van der Waals surface area contributed by atoms with Gasteiger partial charge in [0.05, 0.1) is 11.4 Å². The van der Waals surface area contributed by atoms with E-state index in [-0.39, 0.29) is 28.6 Å². The molecule has 0 heterocycles. The number of likely N-dealkylation sites (N-methyl/N-ethyl adjacent to an activating group) is 1. The third-order valence-corrected chi connectivity index (χ3v) is 7.39. The first-order valence-electron chi connectivity index (χ1n) is 10.3. The van der Waals surface area contributed by atoms with Gasteiger partial charge in [-0.3, -0.25) is 4.79 Å². The van der Waals surface area contributed by atoms with E-state index in [2.05, 4.69) is 36.0 Å². The van der Waals surface area contributed by atoms with E-state index in [0.717, 1.165) is 31.4 Å². The average molecular weight is 411 g/mol. The highest BCUT2D eigenvalue weighted by molar-refractivity contribution is 6.30. The third-order valence-electron chi connectivity index (χ3n) is 6.25. The minimum absolute atomic E-state index is 0.0201. The molecule has 150 valence electrons. The summed E-state index contributed by atoms with van der Waals surface area (Å²) in [5.74, 6) is 0.197. The van der Waals surface area contributed by atoms with Crippen LogP contribution in [0.1, 0.15) is 51.4 Å². The molecular formula is C22H32Cl2N2O. The van der Waals surface area contributed by atoms with Crippen molar-refractivity contribution < 1.29 is 4.79 Å². The highest BCUT2D eigenvalue weighted by Crippen LogP contribution is 2.36. The van der Waals surface area contributed by atoms with E-state index in [1.807, 2.05) is 18.2 Å². The number of amides is 1. The van der Waals surface area contributed by atoms with E-state index in [0.29, 0.717) is 12.5 Å². The molecule has 2 fully saturated rings. The fraction of sp³-hybridized carbons (Fsp3) is 0.682. The number of anilines is 1. The summed E-state index contributed by atoms with van der Waals surface area (Å²) in [5.41, 5.74) is 1.01. The van der Waals surface area contributed by atoms with Crippen molar-refractivity contribution in [1.82, 2.24) is 4.90 Å². The van der Waals surface area contributed by atoms with E-state index in [1.54, 1.807) is 0 Å². The van der Waals surface area contributed by atoms with E-state index in [9.17, 15) is 4.79 Å². The Labute approximate surface area is 174 Å². The summed E-state index contributed by atoms with van der Waals surface area (Å²) < 4.78 is 0. The summed E-state index contributed by atoms with van der Waals surface area (Å²) in [5, 5.41) is -0.140. The van der Waals surface area contributed by atoms with Gasteiger partial charge in [-0.1, -0.05) is 37.5 Å². The molecule has 5 heteroatoms. The second kappa shape index (κ2) is 9.62. The van der Waals surface area contributed by atoms with Crippen LogP contribution in [0.15, 0.2) is 30.3 Å². The first-order chi connectivity index (χ1) is 13.0. The van der Waals surface area contributed by atoms with Crippen LogP contribution in [0.2, 0.25) is 0 Å². The largest absolute Gasteiger partial charge is 0.308 e. The van der Waals surface area contributed by atoms with Crippen LogP contribution in [0.3, 0.4) is 0 Å². The number of rotatable bonds is 4. The molecule has 0 bridgehead atoms. The molecule has 0 spiro atoms. The monoisotopic (exact) mass is 410 g/mol. The highest BCUT2D eigenvalue weighted by Gasteiger charge is 2.39. The molecule has 2 aliphatic rings. The lowest BCUT2D eigenvalue weighted by Gasteiger charge is -2.42. The van der Waals surface area contributed by atoms with Crippen LogP contribution in [0.4, 0.5) is 5.69 Å². The van der Waals surface area contributed by atoms with Gasteiger partial charge in [0.1, 0.15) is 0 Å². The number of carbonyl (C=O) groups is 1. The van der Waals surface area contributed by atoms with Crippen molar-refractivity contribution in [3.8, 4) is 0 Å². The number of halogens is 2. The maximum absolute atomic E-state index is 13.7. The number of alkyl halides is 2. The Morgan fingerprint density at radius 3 is 2.19 bits per heavy atom. The number of para-hydroxylation sites is 1. The standard InChI is InChI=1S/C22H32Cl2N2O/c1-25(2)20-11-7-4-8-12-21(20)26(17-9-5-3-6-10-17)22(27)16-13-14-18(23)19(24)15-16/h3,5-6,9-10,16,18-21H,4,7-8,11-15H2,1-2H3. The molecule has 0 N–H and O–H groups in total. The van der Waals surface area contributed by atoms with Crippen molar-refractivity contribution in [2.75, 3.05) is 19.0 Å². The molecule has 2 saturated carbocycles. The number of hydrogen-bond acceptors (Lipinski definition) is 2. The van der Waals surface area contributed by atoms with E-state index >= 15 is 0 Å². The summed E-state index contributed by atoms with van der Waals surface area (Å²) in [7, 11) is 4.29. The Balaban J connectivity index is 1.92. The van der Waals surface area contributed by atoms with Gasteiger partial charge < -0.3 is 9.80 Å². The molecule has 1 amide bonds. The van der Waals surface area contributed by atoms with Gasteiger partial charge in [0.25, 0.3) is 0 Å². The fourth-order valence-corrected chi connectivity index (χ4v) is 5.31. The molecular weight excluding hydrogens is 379 g/mol. The van der Waals surface area contributed by atoms with Crippen LogP contribution in [0.5, 0.6) is 0 Å². The van der Waals surface area contributed by atoms with Crippen molar-refractivity contribution in [1.29, 1.82) is 0 Å². The quantitative estimate of drug-likeness (QED) is 0.496. The number of nitrogens with zero attached hydrogens (tertiary/aromatic N) is 2. The molecule has 5 atom stereocenters. The normalized spacial score (nSPS) is 32.1. The second-order valence-corrected chi connectivity index (χ2v) is 9.44. The number of hydrogen-bond donors (Lipinski definition) is 0. The van der Waals surface area contributed by atoms with Crippen molar-refractivity contribution in [2.24, 2.45) is 5.92 Å². The van der Waals surface area contributed by atoms with Crippen LogP contribution >= 0.6 is 23.2 Å². The minimum atomic E-state index is -0.120. The Bertz CT molecular complexity index is 610. The van der Waals surface area contributed by atoms with E-state index in [1.165, 1.54) is 19.3 Å². The lowest BCUT2D eigenvalue weighted by Crippen LogP contribution is -2.54. The summed E-state index contributed by atoms with van der Waals surface area (Å²) >= 11 is 12.7. The molecule has 3 rings (SSSR count). The third kappa shape index (κ3) is 4.99. The average Bonchev–Trinajstić information content (AvgIpc) is 2.91. The van der Waals surface area contributed by atoms with Crippen molar-refractivity contribution in [2.45, 2.75) is 74.2 Å². The van der Waals surface area contributed by atoms with Gasteiger partial charge in [0.15, 0.2) is 0 Å². The van der Waals surface area contributed by atoms with E-state index < -0.39 is 0 Å². The van der Waals surface area contributed by atoms with Gasteiger partial charge in [-0.15, -0.1) is 23.2 Å². The lowest BCUT2D eigenvalue weighted by atomic mass is 9.86. The van der Waals surface area contributed by atoms with Crippen LogP contribution < -0.4 is 4.90 Å². The Kier molecular flexibility index (Phi) is 7.47. The topological polar surface area (TPSA) is 23.6 Å². The Morgan fingerprint density at radius 2 is 1.56 bits per heavy atom. The van der Waals surface area contributed by atoms with Crippen LogP contribution in [0, 0.1) is 5.92 Å². The first-order valence-corrected chi connectivity index (χ1v) is 11.2. The first kappa shape index (κ1) is 21.0. The van der Waals surface area contributed by atoms with Crippen LogP contribution in [-0.2, 0) is 4.79 Å². The highest BCUT2D eigenvalue weighted by atomic mass is 35.5. The van der Waals surface area contributed by atoms with Gasteiger partial charge >= 0.3 is 0 Å². The van der Waals surface area contributed by atoms with Gasteiger partial charge in [-0.05, 0) is 58.3 Å². The van der Waals surface area contributed by atoms with Gasteiger partial charge in [0, 0.05) is 23.0 Å². The Hall–Kier alpha value is -0.770. The smallest absolute Gasteiger partial charge is 0.230 e. The van der Waals surface area contributed by atoms with Crippen LogP contribution in [-0.4, -0.2) is 47.7 Å². The molecule has 27 heavy (non-hydrogen) atoms. The zero-order chi connectivity index (χ0) is 19.4. The Morgan fingerprint density at radius 1 is 0.889 bits per heavy atom. The fourth-order valence-electron chi connectivity index (χ4n) is 4.74. The van der Waals surface area contributed by atoms with Crippen LogP contribution in [0.25, 0.3) is 0 Å². The maximum atomic E-state index is 13.7. The minimum Gasteiger partial charge on any atom is -0.308 e. The molecule has 0 aromatic heterocycles. The predicted octanol–water partition coefficient (Wildman–Crippen LogP) is 5.30. The maximum Gasteiger partial charge on any atom is 0.230 e. The molecule has 1 aromatic rings. The van der Waals surface area contributed by atoms with Gasteiger partial charge in [-0.2, -0.15) is 0 Å². The van der Waals surface area contributed by atoms with Gasteiger partial charge in [0.2, 0.25) is 5.91 Å². The molecule has 0 aliphatic heterocycles.